The molecule has 0 bridgehead atoms. The smallest absolute Gasteiger partial charge is 0.286 e. The molecule has 0 saturated carbocycles. The van der Waals surface area contributed by atoms with E-state index in [9.17, 15) is 0 Å². The van der Waals surface area contributed by atoms with E-state index in [4.69, 9.17) is 46.4 Å². The number of fused-ring (bicyclic) bond motifs is 2. The van der Waals surface area contributed by atoms with Crippen molar-refractivity contribution >= 4 is 74.9 Å². The Labute approximate surface area is 203 Å². The third-order valence-electron chi connectivity index (χ3n) is 5.83. The Morgan fingerprint density at radius 3 is 1.74 bits per heavy atom. The van der Waals surface area contributed by atoms with Gasteiger partial charge in [-0.25, -0.2) is 9.13 Å². The summed E-state index contributed by atoms with van der Waals surface area (Å²) < 4.78 is 4.55. The van der Waals surface area contributed by atoms with Gasteiger partial charge in [0, 0.05) is 25.2 Å². The van der Waals surface area contributed by atoms with Crippen LogP contribution in [0.15, 0.2) is 30.1 Å². The number of benzene rings is 2. The van der Waals surface area contributed by atoms with E-state index in [0.29, 0.717) is 20.1 Å². The van der Waals surface area contributed by atoms with Crippen molar-refractivity contribution in [1.82, 2.24) is 4.57 Å². The first-order valence-corrected chi connectivity index (χ1v) is 12.0. The van der Waals surface area contributed by atoms with Gasteiger partial charge in [0.15, 0.2) is 11.0 Å². The maximum absolute atomic E-state index is 6.36. The summed E-state index contributed by atoms with van der Waals surface area (Å²) >= 11 is 25.4. The molecule has 1 aliphatic heterocycles. The number of aryl methyl sites for hydroxylation is 2. The van der Waals surface area contributed by atoms with Crippen LogP contribution in [0.5, 0.6) is 0 Å². The minimum Gasteiger partial charge on any atom is -0.326 e. The number of imidazole rings is 1. The largest absolute Gasteiger partial charge is 0.326 e. The average molecular weight is 499 g/mol. The lowest BCUT2D eigenvalue weighted by molar-refractivity contribution is -0.670. The summed E-state index contributed by atoms with van der Waals surface area (Å²) in [5, 5.41) is 2.25. The summed E-state index contributed by atoms with van der Waals surface area (Å²) in [7, 11) is 0. The number of halogens is 4. The molecule has 31 heavy (non-hydrogen) atoms. The zero-order chi connectivity index (χ0) is 22.4. The van der Waals surface area contributed by atoms with E-state index in [1.54, 1.807) is 0 Å². The van der Waals surface area contributed by atoms with E-state index in [-0.39, 0.29) is 0 Å². The van der Waals surface area contributed by atoms with Crippen LogP contribution in [0.3, 0.4) is 0 Å². The maximum Gasteiger partial charge on any atom is 0.286 e. The van der Waals surface area contributed by atoms with E-state index in [1.165, 1.54) is 0 Å². The van der Waals surface area contributed by atoms with Gasteiger partial charge in [0.2, 0.25) is 0 Å². The van der Waals surface area contributed by atoms with Crippen molar-refractivity contribution in [1.29, 1.82) is 0 Å². The molecule has 1 aromatic heterocycles. The van der Waals surface area contributed by atoms with Crippen molar-refractivity contribution in [3.8, 4) is 0 Å². The molecule has 4 nitrogen and oxygen atoms in total. The lowest BCUT2D eigenvalue weighted by atomic mass is 10.2. The zero-order valence-electron chi connectivity index (χ0n) is 18.0. The molecule has 2 aromatic carbocycles. The molecule has 0 saturated heterocycles. The van der Waals surface area contributed by atoms with Crippen LogP contribution in [0.1, 0.15) is 33.5 Å². The van der Waals surface area contributed by atoms with E-state index >= 15 is 0 Å². The highest BCUT2D eigenvalue weighted by molar-refractivity contribution is 6.43. The average Bonchev–Trinajstić information content (AvgIpc) is 3.19. The SMILES string of the molecule is CCN1C(=Cc2n(CC)c3cc(Cl)c(Cl)cc3[n+]2CC)N(CC)c2cc(Cl)c(Cl)cc21. The Kier molecular flexibility index (Phi) is 6.37. The summed E-state index contributed by atoms with van der Waals surface area (Å²) in [5.41, 5.74) is 4.27. The van der Waals surface area contributed by atoms with Crippen LogP contribution >= 0.6 is 46.4 Å². The Morgan fingerprint density at radius 2 is 1.26 bits per heavy atom. The summed E-state index contributed by atoms with van der Waals surface area (Å²) in [4.78, 5) is 4.55. The second-order valence-electron chi connectivity index (χ2n) is 7.35. The first-order chi connectivity index (χ1) is 14.9. The third kappa shape index (κ3) is 3.58. The third-order valence-corrected chi connectivity index (χ3v) is 7.27. The Morgan fingerprint density at radius 1 is 0.742 bits per heavy atom. The van der Waals surface area contributed by atoms with Gasteiger partial charge in [0.05, 0.1) is 50.6 Å². The van der Waals surface area contributed by atoms with Crippen molar-refractivity contribution in [2.45, 2.75) is 40.8 Å². The van der Waals surface area contributed by atoms with Gasteiger partial charge < -0.3 is 9.80 Å². The molecule has 1 aliphatic rings. The van der Waals surface area contributed by atoms with Crippen LogP contribution in [0.4, 0.5) is 11.4 Å². The molecule has 0 atom stereocenters. The van der Waals surface area contributed by atoms with Crippen molar-refractivity contribution in [3.05, 3.63) is 56.0 Å². The van der Waals surface area contributed by atoms with Gasteiger partial charge in [-0.05, 0) is 39.8 Å². The molecule has 164 valence electrons. The van der Waals surface area contributed by atoms with E-state index in [1.807, 2.05) is 24.3 Å². The molecule has 3 aromatic rings. The van der Waals surface area contributed by atoms with Crippen LogP contribution in [0, 0.1) is 0 Å². The molecule has 0 N–H and O–H groups in total. The Hall–Kier alpha value is -1.59. The van der Waals surface area contributed by atoms with E-state index < -0.39 is 0 Å². The number of rotatable bonds is 5. The molecule has 2 heterocycles. The highest BCUT2D eigenvalue weighted by Gasteiger charge is 2.33. The van der Waals surface area contributed by atoms with E-state index in [2.05, 4.69) is 52.7 Å². The second-order valence-corrected chi connectivity index (χ2v) is 8.98. The van der Waals surface area contributed by atoms with Gasteiger partial charge in [-0.3, -0.25) is 0 Å². The fourth-order valence-electron chi connectivity index (χ4n) is 4.46. The quantitative estimate of drug-likeness (QED) is 0.344. The molecule has 0 radical (unpaired) electrons. The van der Waals surface area contributed by atoms with Crippen LogP contribution in [0.2, 0.25) is 20.1 Å². The van der Waals surface area contributed by atoms with Gasteiger partial charge in [-0.2, -0.15) is 0 Å². The van der Waals surface area contributed by atoms with E-state index in [0.717, 1.165) is 60.2 Å². The normalized spacial score (nSPS) is 13.5. The maximum atomic E-state index is 6.36. The lowest BCUT2D eigenvalue weighted by Crippen LogP contribution is -2.36. The molecule has 0 unspecified atom stereocenters. The van der Waals surface area contributed by atoms with Gasteiger partial charge >= 0.3 is 0 Å². The first kappa shape index (κ1) is 22.6. The van der Waals surface area contributed by atoms with Crippen molar-refractivity contribution in [2.75, 3.05) is 22.9 Å². The van der Waals surface area contributed by atoms with Gasteiger partial charge in [0.1, 0.15) is 5.82 Å². The minimum atomic E-state index is 0.562. The highest BCUT2D eigenvalue weighted by atomic mass is 35.5. The van der Waals surface area contributed by atoms with Crippen LogP contribution in [-0.4, -0.2) is 17.7 Å². The van der Waals surface area contributed by atoms with Crippen molar-refractivity contribution in [2.24, 2.45) is 0 Å². The second kappa shape index (κ2) is 8.74. The van der Waals surface area contributed by atoms with Gasteiger partial charge in [-0.15, -0.1) is 0 Å². The number of aromatic nitrogens is 2. The molecule has 0 fully saturated rings. The topological polar surface area (TPSA) is 15.3 Å². The number of nitrogens with zero attached hydrogens (tertiary/aromatic N) is 4. The molecule has 0 amide bonds. The molecule has 0 aliphatic carbocycles. The highest BCUT2D eigenvalue weighted by Crippen LogP contribution is 2.45. The molecule has 8 heteroatoms. The molecule has 0 spiro atoms. The Balaban J connectivity index is 1.99. The Bertz CT molecular complexity index is 1110. The fourth-order valence-corrected chi connectivity index (χ4v) is 5.09. The van der Waals surface area contributed by atoms with Crippen molar-refractivity contribution in [3.63, 3.8) is 0 Å². The van der Waals surface area contributed by atoms with Crippen molar-refractivity contribution < 1.29 is 4.57 Å². The lowest BCUT2D eigenvalue weighted by Gasteiger charge is -2.23. The van der Waals surface area contributed by atoms with Crippen LogP contribution in [-0.2, 0) is 13.1 Å². The monoisotopic (exact) mass is 497 g/mol. The van der Waals surface area contributed by atoms with Gasteiger partial charge in [-0.1, -0.05) is 46.4 Å². The molecular formula is C23H25Cl4N4+. The summed E-state index contributed by atoms with van der Waals surface area (Å²) in [6.45, 7) is 11.8. The zero-order valence-corrected chi connectivity index (χ0v) is 21.0. The molecule has 4 rings (SSSR count). The van der Waals surface area contributed by atoms with Gasteiger partial charge in [0.25, 0.3) is 5.82 Å². The summed E-state index contributed by atoms with van der Waals surface area (Å²) in [6.07, 6.45) is 2.24. The predicted octanol–water partition coefficient (Wildman–Crippen LogP) is 7.25. The van der Waals surface area contributed by atoms with Crippen LogP contribution in [0.25, 0.3) is 17.1 Å². The predicted molar refractivity (Wildman–Crippen MR) is 134 cm³/mol. The number of anilines is 2. The summed E-state index contributed by atoms with van der Waals surface area (Å²) in [6, 6.07) is 7.81. The summed E-state index contributed by atoms with van der Waals surface area (Å²) in [5.74, 6) is 2.19. The number of hydrogen-bond donors (Lipinski definition) is 0. The number of hydrogen-bond acceptors (Lipinski definition) is 2. The molecular weight excluding hydrogens is 474 g/mol. The minimum absolute atomic E-state index is 0.562. The van der Waals surface area contributed by atoms with Crippen LogP contribution < -0.4 is 14.4 Å². The first-order valence-electron chi connectivity index (χ1n) is 10.5. The fraction of sp³-hybridized carbons (Fsp3) is 0.348. The standard InChI is InChI=1S/C23H25Cl4N4/c1-5-28-18-9-14(24)15(25)10-19(18)29(6-2)22(28)13-23-30(7-3)20-11-16(26)17(27)12-21(20)31(23)8-4/h9-13H,5-8H2,1-4H3/q+1.